The highest BCUT2D eigenvalue weighted by molar-refractivity contribution is 7.97. The third-order valence-electron chi connectivity index (χ3n) is 3.75. The van der Waals surface area contributed by atoms with Crippen LogP contribution in [0.4, 0.5) is 0 Å². The van der Waals surface area contributed by atoms with Gasteiger partial charge in [0.25, 0.3) is 0 Å². The Morgan fingerprint density at radius 1 is 1.26 bits per heavy atom. The zero-order valence-electron chi connectivity index (χ0n) is 15.2. The summed E-state index contributed by atoms with van der Waals surface area (Å²) < 4.78 is 2.43. The van der Waals surface area contributed by atoms with E-state index in [1.165, 1.54) is 28.0 Å². The van der Waals surface area contributed by atoms with Gasteiger partial charge in [-0.1, -0.05) is 64.3 Å². The van der Waals surface area contributed by atoms with Gasteiger partial charge in [-0.2, -0.15) is 0 Å². The Hall–Kier alpha value is -1.25. The van der Waals surface area contributed by atoms with Crippen LogP contribution in [0.5, 0.6) is 0 Å². The van der Waals surface area contributed by atoms with Gasteiger partial charge in [-0.3, -0.25) is 0 Å². The summed E-state index contributed by atoms with van der Waals surface area (Å²) in [7, 11) is 0. The lowest BCUT2D eigenvalue weighted by molar-refractivity contribution is 0.442. The zero-order valence-corrected chi connectivity index (χ0v) is 16.0. The standard InChI is InChI=1S/C21H31NS/c1-8-18-11-12-21(20(10-3)19(18)9-2)23-22(15-17(6)7)14-13-16(4)5/h8-9,11-12,16H,1-2,6,10,13-15H2,3-5,7H3. The van der Waals surface area contributed by atoms with Crippen molar-refractivity contribution in [3.05, 3.63) is 54.1 Å². The van der Waals surface area contributed by atoms with Crippen molar-refractivity contribution in [2.45, 2.75) is 45.4 Å². The molecule has 0 bridgehead atoms. The van der Waals surface area contributed by atoms with Gasteiger partial charge in [0.15, 0.2) is 0 Å². The molecule has 0 heterocycles. The topological polar surface area (TPSA) is 3.24 Å². The van der Waals surface area contributed by atoms with Crippen molar-refractivity contribution in [1.29, 1.82) is 0 Å². The van der Waals surface area contributed by atoms with Crippen LogP contribution in [-0.2, 0) is 6.42 Å². The Morgan fingerprint density at radius 3 is 2.43 bits per heavy atom. The van der Waals surface area contributed by atoms with Crippen LogP contribution in [0.1, 0.15) is 50.8 Å². The van der Waals surface area contributed by atoms with Gasteiger partial charge in [0, 0.05) is 18.0 Å². The first-order chi connectivity index (χ1) is 10.9. The Morgan fingerprint density at radius 2 is 1.96 bits per heavy atom. The number of hydrogen-bond donors (Lipinski definition) is 0. The molecule has 0 aliphatic heterocycles. The maximum Gasteiger partial charge on any atom is 0.0297 e. The third-order valence-corrected chi connectivity index (χ3v) is 4.90. The fourth-order valence-corrected chi connectivity index (χ4v) is 3.78. The molecule has 0 spiro atoms. The van der Waals surface area contributed by atoms with Crippen molar-refractivity contribution < 1.29 is 0 Å². The van der Waals surface area contributed by atoms with Gasteiger partial charge in [-0.15, -0.1) is 0 Å². The van der Waals surface area contributed by atoms with E-state index in [0.29, 0.717) is 5.92 Å². The van der Waals surface area contributed by atoms with Gasteiger partial charge in [-0.25, -0.2) is 4.31 Å². The minimum absolute atomic E-state index is 0.709. The zero-order chi connectivity index (χ0) is 17.4. The van der Waals surface area contributed by atoms with Crippen molar-refractivity contribution in [2.24, 2.45) is 5.92 Å². The molecule has 0 N–H and O–H groups in total. The summed E-state index contributed by atoms with van der Waals surface area (Å²) in [6.07, 6.45) is 6.06. The fraction of sp³-hybridized carbons (Fsp3) is 0.429. The molecule has 0 aliphatic carbocycles. The van der Waals surface area contributed by atoms with Crippen LogP contribution in [0, 0.1) is 5.92 Å². The number of hydrogen-bond acceptors (Lipinski definition) is 2. The number of rotatable bonds is 10. The average Bonchev–Trinajstić information content (AvgIpc) is 2.51. The van der Waals surface area contributed by atoms with Crippen LogP contribution in [-0.4, -0.2) is 17.4 Å². The minimum atomic E-state index is 0.709. The molecule has 1 aromatic rings. The van der Waals surface area contributed by atoms with E-state index in [0.717, 1.165) is 25.1 Å². The highest BCUT2D eigenvalue weighted by Crippen LogP contribution is 2.32. The van der Waals surface area contributed by atoms with Crippen LogP contribution < -0.4 is 0 Å². The lowest BCUT2D eigenvalue weighted by Crippen LogP contribution is -2.20. The molecule has 0 unspecified atom stereocenters. The lowest BCUT2D eigenvalue weighted by atomic mass is 9.99. The van der Waals surface area contributed by atoms with Crippen LogP contribution in [0.15, 0.2) is 42.3 Å². The number of nitrogens with zero attached hydrogens (tertiary/aromatic N) is 1. The van der Waals surface area contributed by atoms with E-state index < -0.39 is 0 Å². The van der Waals surface area contributed by atoms with Gasteiger partial charge in [-0.05, 0) is 60.4 Å². The summed E-state index contributed by atoms with van der Waals surface area (Å²) >= 11 is 1.85. The molecule has 2 heteroatoms. The Kier molecular flexibility index (Phi) is 8.43. The van der Waals surface area contributed by atoms with Crippen LogP contribution in [0.25, 0.3) is 12.2 Å². The van der Waals surface area contributed by atoms with Crippen molar-refractivity contribution >= 4 is 24.1 Å². The fourth-order valence-electron chi connectivity index (χ4n) is 2.53. The molecule has 1 rings (SSSR count). The maximum absolute atomic E-state index is 4.08. The molecule has 0 saturated heterocycles. The molecule has 1 nitrogen and oxygen atoms in total. The predicted molar refractivity (Wildman–Crippen MR) is 108 cm³/mol. The van der Waals surface area contributed by atoms with Crippen LogP contribution in [0.3, 0.4) is 0 Å². The highest BCUT2D eigenvalue weighted by Gasteiger charge is 2.14. The second kappa shape index (κ2) is 9.79. The molecule has 0 saturated carbocycles. The summed E-state index contributed by atoms with van der Waals surface area (Å²) in [5.41, 5.74) is 4.94. The second-order valence-corrected chi connectivity index (χ2v) is 7.54. The Balaban J connectivity index is 3.08. The third kappa shape index (κ3) is 6.04. The first kappa shape index (κ1) is 19.8. The van der Waals surface area contributed by atoms with Crippen molar-refractivity contribution in [1.82, 2.24) is 4.31 Å². The molecule has 23 heavy (non-hydrogen) atoms. The Bertz CT molecular complexity index is 557. The molecule has 0 amide bonds. The SMILES string of the molecule is C=Cc1ccc(SN(CCC(C)C)CC(=C)C)c(CC)c1C=C. The van der Waals surface area contributed by atoms with E-state index >= 15 is 0 Å². The molecule has 1 aromatic carbocycles. The van der Waals surface area contributed by atoms with E-state index in [1.54, 1.807) is 0 Å². The van der Waals surface area contributed by atoms with E-state index in [2.05, 4.69) is 63.9 Å². The van der Waals surface area contributed by atoms with Gasteiger partial charge < -0.3 is 0 Å². The van der Waals surface area contributed by atoms with E-state index in [-0.39, 0.29) is 0 Å². The molecule has 0 aromatic heterocycles. The first-order valence-electron chi connectivity index (χ1n) is 8.40. The van der Waals surface area contributed by atoms with Gasteiger partial charge in [0.2, 0.25) is 0 Å². The van der Waals surface area contributed by atoms with Gasteiger partial charge in [0.05, 0.1) is 0 Å². The molecule has 0 atom stereocenters. The molecule has 0 radical (unpaired) electrons. The molecular weight excluding hydrogens is 298 g/mol. The summed E-state index contributed by atoms with van der Waals surface area (Å²) in [6, 6.07) is 4.36. The van der Waals surface area contributed by atoms with E-state index in [1.807, 2.05) is 24.1 Å². The van der Waals surface area contributed by atoms with Gasteiger partial charge >= 0.3 is 0 Å². The molecular formula is C21H31NS. The lowest BCUT2D eigenvalue weighted by Gasteiger charge is -2.24. The minimum Gasteiger partial charge on any atom is -0.242 e. The van der Waals surface area contributed by atoms with E-state index in [9.17, 15) is 0 Å². The average molecular weight is 330 g/mol. The first-order valence-corrected chi connectivity index (χ1v) is 9.18. The molecule has 0 fully saturated rings. The van der Waals surface area contributed by atoms with Crippen molar-refractivity contribution in [3.8, 4) is 0 Å². The largest absolute Gasteiger partial charge is 0.242 e. The molecule has 126 valence electrons. The van der Waals surface area contributed by atoms with Crippen molar-refractivity contribution in [3.63, 3.8) is 0 Å². The van der Waals surface area contributed by atoms with E-state index in [4.69, 9.17) is 0 Å². The molecule has 0 aliphatic rings. The maximum atomic E-state index is 4.08. The monoisotopic (exact) mass is 329 g/mol. The Labute approximate surface area is 147 Å². The summed E-state index contributed by atoms with van der Waals surface area (Å²) in [4.78, 5) is 1.32. The van der Waals surface area contributed by atoms with Crippen molar-refractivity contribution in [2.75, 3.05) is 13.1 Å². The summed E-state index contributed by atoms with van der Waals surface area (Å²) in [5, 5.41) is 0. The van der Waals surface area contributed by atoms with Crippen LogP contribution in [0.2, 0.25) is 0 Å². The highest BCUT2D eigenvalue weighted by atomic mass is 32.2. The second-order valence-electron chi connectivity index (χ2n) is 6.40. The summed E-state index contributed by atoms with van der Waals surface area (Å²) in [6.45, 7) is 22.8. The normalized spacial score (nSPS) is 11.0. The van der Waals surface area contributed by atoms with Crippen LogP contribution >= 0.6 is 11.9 Å². The summed E-state index contributed by atoms with van der Waals surface area (Å²) in [5.74, 6) is 0.709. The van der Waals surface area contributed by atoms with Gasteiger partial charge in [0.1, 0.15) is 0 Å². The number of benzene rings is 1. The predicted octanol–water partition coefficient (Wildman–Crippen LogP) is 6.47. The quantitative estimate of drug-likeness (QED) is 0.357. The smallest absolute Gasteiger partial charge is 0.0297 e.